The minimum Gasteiger partial charge on any atom is -0.392 e. The Morgan fingerprint density at radius 3 is 2.76 bits per heavy atom. The van der Waals surface area contributed by atoms with Crippen molar-refractivity contribution in [2.24, 2.45) is 0 Å². The maximum Gasteiger partial charge on any atom is 0.202 e. The number of hydrogen-bond acceptors (Lipinski definition) is 5. The summed E-state index contributed by atoms with van der Waals surface area (Å²) in [4.78, 5) is 24.7. The molecule has 0 amide bonds. The Labute approximate surface area is 147 Å². The molecule has 1 aromatic rings. The van der Waals surface area contributed by atoms with Gasteiger partial charge in [0.25, 0.3) is 0 Å². The van der Waals surface area contributed by atoms with Crippen LogP contribution in [-0.2, 0) is 20.1 Å². The molecular formula is C20H24O5. The van der Waals surface area contributed by atoms with Crippen LogP contribution in [0.2, 0.25) is 0 Å². The summed E-state index contributed by atoms with van der Waals surface area (Å²) in [5.74, 6) is -0.692. The Bertz CT molecular complexity index is 704. The quantitative estimate of drug-likeness (QED) is 0.658. The van der Waals surface area contributed by atoms with Gasteiger partial charge in [0, 0.05) is 30.4 Å². The number of aliphatic hydroxyl groups is 1. The fraction of sp³-hybridized carbons (Fsp3) is 0.550. The third-order valence-corrected chi connectivity index (χ3v) is 5.73. The normalized spacial score (nSPS) is 31.5. The van der Waals surface area contributed by atoms with Crippen molar-refractivity contribution in [3.8, 4) is 0 Å². The van der Waals surface area contributed by atoms with Gasteiger partial charge in [0.15, 0.2) is 11.4 Å². The Morgan fingerprint density at radius 1 is 1.24 bits per heavy atom. The van der Waals surface area contributed by atoms with Gasteiger partial charge in [0.05, 0.1) is 6.61 Å². The van der Waals surface area contributed by atoms with E-state index in [0.29, 0.717) is 5.56 Å². The molecule has 1 N–H and O–H groups in total. The summed E-state index contributed by atoms with van der Waals surface area (Å²) in [5, 5.41) is 9.42. The lowest BCUT2D eigenvalue weighted by molar-refractivity contribution is -0.531. The Hall–Kier alpha value is -1.53. The summed E-state index contributed by atoms with van der Waals surface area (Å²) in [6.07, 6.45) is 6.26. The van der Waals surface area contributed by atoms with Gasteiger partial charge in [-0.25, -0.2) is 4.89 Å². The van der Waals surface area contributed by atoms with E-state index in [-0.39, 0.29) is 18.8 Å². The summed E-state index contributed by atoms with van der Waals surface area (Å²) < 4.78 is 6.43. The molecule has 1 aromatic carbocycles. The third kappa shape index (κ3) is 2.57. The monoisotopic (exact) mass is 344 g/mol. The van der Waals surface area contributed by atoms with Crippen molar-refractivity contribution in [2.45, 2.75) is 62.9 Å². The lowest BCUT2D eigenvalue weighted by Crippen LogP contribution is -2.60. The molecule has 2 aliphatic carbocycles. The van der Waals surface area contributed by atoms with Crippen LogP contribution in [0.3, 0.4) is 0 Å². The number of hydrogen-bond donors (Lipinski definition) is 1. The highest BCUT2D eigenvalue weighted by Crippen LogP contribution is 2.52. The van der Waals surface area contributed by atoms with E-state index >= 15 is 0 Å². The van der Waals surface area contributed by atoms with Crippen LogP contribution in [-0.4, -0.2) is 29.4 Å². The number of benzene rings is 1. The van der Waals surface area contributed by atoms with Crippen LogP contribution in [0.5, 0.6) is 0 Å². The summed E-state index contributed by atoms with van der Waals surface area (Å²) in [5.41, 5.74) is 1.20. The topological polar surface area (TPSA) is 65.0 Å². The van der Waals surface area contributed by atoms with Crippen LogP contribution in [0.15, 0.2) is 35.9 Å². The molecule has 0 radical (unpaired) electrons. The first kappa shape index (κ1) is 16.9. The number of rotatable bonds is 2. The molecule has 4 rings (SSSR count). The maximum atomic E-state index is 12.7. The van der Waals surface area contributed by atoms with Crippen LogP contribution in [0.1, 0.15) is 61.4 Å². The van der Waals surface area contributed by atoms with E-state index in [2.05, 4.69) is 0 Å². The second-order valence-corrected chi connectivity index (χ2v) is 7.22. The Kier molecular flexibility index (Phi) is 4.28. The smallest absolute Gasteiger partial charge is 0.202 e. The average molecular weight is 344 g/mol. The van der Waals surface area contributed by atoms with Crippen molar-refractivity contribution < 1.29 is 24.4 Å². The number of aliphatic hydroxyl groups excluding tert-OH is 1. The predicted molar refractivity (Wildman–Crippen MR) is 90.8 cm³/mol. The number of Topliss-reactive ketones (excluding diaryl/α,β-unsaturated/α-hetero) is 1. The maximum absolute atomic E-state index is 12.7. The average Bonchev–Trinajstić information content (AvgIpc) is 2.63. The van der Waals surface area contributed by atoms with Crippen LogP contribution >= 0.6 is 0 Å². The lowest BCUT2D eigenvalue weighted by atomic mass is 9.72. The van der Waals surface area contributed by atoms with E-state index < -0.39 is 17.5 Å². The van der Waals surface area contributed by atoms with Crippen molar-refractivity contribution in [1.82, 2.24) is 0 Å². The predicted octanol–water partition coefficient (Wildman–Crippen LogP) is 3.41. The first-order chi connectivity index (χ1) is 12.1. The van der Waals surface area contributed by atoms with E-state index in [0.717, 1.165) is 43.2 Å². The van der Waals surface area contributed by atoms with Crippen LogP contribution < -0.4 is 0 Å². The molecule has 25 heavy (non-hydrogen) atoms. The summed E-state index contributed by atoms with van der Waals surface area (Å²) >= 11 is 0. The third-order valence-electron chi connectivity index (χ3n) is 5.73. The van der Waals surface area contributed by atoms with Gasteiger partial charge in [-0.3, -0.25) is 4.79 Å². The lowest BCUT2D eigenvalue weighted by Gasteiger charge is -2.53. The Balaban J connectivity index is 1.81. The molecule has 1 saturated heterocycles. The van der Waals surface area contributed by atoms with Gasteiger partial charge in [-0.05, 0) is 25.3 Å². The SMILES string of the molecule is C/C(=C/CO)C12OOC3(CCCCC3)OC1CC(=O)c1ccccc12. The largest absolute Gasteiger partial charge is 0.392 e. The highest BCUT2D eigenvalue weighted by Gasteiger charge is 2.58. The molecule has 0 aromatic heterocycles. The van der Waals surface area contributed by atoms with Crippen LogP contribution in [0.4, 0.5) is 0 Å². The minimum atomic E-state index is -0.990. The molecule has 2 fully saturated rings. The minimum absolute atomic E-state index is 0.0597. The Morgan fingerprint density at radius 2 is 2.00 bits per heavy atom. The van der Waals surface area contributed by atoms with Crippen molar-refractivity contribution in [2.75, 3.05) is 6.61 Å². The van der Waals surface area contributed by atoms with E-state index in [9.17, 15) is 9.90 Å². The molecule has 2 unspecified atom stereocenters. The summed E-state index contributed by atoms with van der Waals surface area (Å²) in [7, 11) is 0. The highest BCUT2D eigenvalue weighted by atomic mass is 17.2. The molecule has 134 valence electrons. The molecule has 2 atom stereocenters. The number of carbonyl (C=O) groups excluding carboxylic acids is 1. The molecule has 5 heteroatoms. The number of ether oxygens (including phenoxy) is 1. The fourth-order valence-corrected chi connectivity index (χ4v) is 4.40. The molecule has 1 aliphatic heterocycles. The highest BCUT2D eigenvalue weighted by molar-refractivity contribution is 6.00. The van der Waals surface area contributed by atoms with Crippen molar-refractivity contribution >= 4 is 5.78 Å². The molecule has 5 nitrogen and oxygen atoms in total. The van der Waals surface area contributed by atoms with Crippen LogP contribution in [0, 0.1) is 0 Å². The van der Waals surface area contributed by atoms with E-state index in [1.54, 1.807) is 6.08 Å². The van der Waals surface area contributed by atoms with Gasteiger partial charge in [-0.2, -0.15) is 4.89 Å². The first-order valence-corrected chi connectivity index (χ1v) is 9.07. The standard InChI is InChI=1S/C20H24O5/c1-14(9-12-21)20-16-8-4-3-7-15(16)17(22)13-18(20)23-19(24-25-20)10-5-2-6-11-19/h3-4,7-9,18,21H,2,5-6,10-13H2,1H3/b14-9-. The summed E-state index contributed by atoms with van der Waals surface area (Å²) in [6.45, 7) is 1.78. The molecule has 1 heterocycles. The first-order valence-electron chi connectivity index (χ1n) is 9.07. The van der Waals surface area contributed by atoms with Crippen molar-refractivity contribution in [3.63, 3.8) is 0 Å². The number of carbonyl (C=O) groups is 1. The zero-order valence-electron chi connectivity index (χ0n) is 14.5. The van der Waals surface area contributed by atoms with Crippen molar-refractivity contribution in [1.29, 1.82) is 0 Å². The molecule has 1 spiro atoms. The summed E-state index contributed by atoms with van der Waals surface area (Å²) in [6, 6.07) is 7.44. The van der Waals surface area contributed by atoms with Gasteiger partial charge in [0.2, 0.25) is 5.79 Å². The van der Waals surface area contributed by atoms with Crippen molar-refractivity contribution in [3.05, 3.63) is 47.0 Å². The van der Waals surface area contributed by atoms with E-state index in [1.807, 2.05) is 31.2 Å². The van der Waals surface area contributed by atoms with Gasteiger partial charge in [-0.15, -0.1) is 0 Å². The zero-order valence-corrected chi connectivity index (χ0v) is 14.5. The molecule has 0 bridgehead atoms. The molecule has 3 aliphatic rings. The van der Waals surface area contributed by atoms with Gasteiger partial charge in [-0.1, -0.05) is 36.8 Å². The zero-order chi connectivity index (χ0) is 17.5. The van der Waals surface area contributed by atoms with Gasteiger partial charge < -0.3 is 9.84 Å². The fourth-order valence-electron chi connectivity index (χ4n) is 4.40. The number of fused-ring (bicyclic) bond motifs is 3. The molecular weight excluding hydrogens is 320 g/mol. The second-order valence-electron chi connectivity index (χ2n) is 7.22. The molecule has 1 saturated carbocycles. The van der Waals surface area contributed by atoms with Gasteiger partial charge >= 0.3 is 0 Å². The second kappa shape index (κ2) is 6.32. The number of ketones is 1. The van der Waals surface area contributed by atoms with Gasteiger partial charge in [0.1, 0.15) is 6.10 Å². The van der Waals surface area contributed by atoms with E-state index in [1.165, 1.54) is 0 Å². The van der Waals surface area contributed by atoms with Crippen LogP contribution in [0.25, 0.3) is 0 Å². The van der Waals surface area contributed by atoms with E-state index in [4.69, 9.17) is 14.5 Å².